The second-order valence-corrected chi connectivity index (χ2v) is 8.69. The molecule has 4 aromatic rings. The molecule has 4 rings (SSSR count). The first-order chi connectivity index (χ1) is 14.5. The highest BCUT2D eigenvalue weighted by atomic mass is 32.2. The van der Waals surface area contributed by atoms with Crippen molar-refractivity contribution in [3.05, 3.63) is 101 Å². The molecule has 6 heteroatoms. The van der Waals surface area contributed by atoms with Gasteiger partial charge < -0.3 is 9.88 Å². The van der Waals surface area contributed by atoms with E-state index in [1.165, 1.54) is 0 Å². The fourth-order valence-electron chi connectivity index (χ4n) is 3.62. The normalized spacial score (nSPS) is 13.1. The van der Waals surface area contributed by atoms with E-state index in [9.17, 15) is 9.00 Å². The van der Waals surface area contributed by atoms with Crippen LogP contribution >= 0.6 is 0 Å². The Bertz CT molecular complexity index is 1220. The molecular formula is C24H23N3O2S. The van der Waals surface area contributed by atoms with Crippen LogP contribution < -0.4 is 5.32 Å². The maximum atomic E-state index is 13.1. The van der Waals surface area contributed by atoms with Crippen molar-refractivity contribution in [3.8, 4) is 0 Å². The zero-order valence-electron chi connectivity index (χ0n) is 16.9. The van der Waals surface area contributed by atoms with Crippen LogP contribution in [0.25, 0.3) is 11.0 Å². The lowest BCUT2D eigenvalue weighted by molar-refractivity contribution is 0.0941. The maximum absolute atomic E-state index is 13.1. The molecule has 3 aromatic carbocycles. The number of imidazole rings is 1. The average molecular weight is 418 g/mol. The summed E-state index contributed by atoms with van der Waals surface area (Å²) >= 11 is 0. The minimum absolute atomic E-state index is 0.195. The topological polar surface area (TPSA) is 64.0 Å². The predicted molar refractivity (Wildman–Crippen MR) is 121 cm³/mol. The van der Waals surface area contributed by atoms with Crippen molar-refractivity contribution in [2.45, 2.75) is 11.8 Å². The van der Waals surface area contributed by atoms with Crippen LogP contribution in [0.4, 0.5) is 0 Å². The largest absolute Gasteiger partial charge is 0.338 e. The first-order valence-electron chi connectivity index (χ1n) is 9.69. The summed E-state index contributed by atoms with van der Waals surface area (Å²) in [6.45, 7) is 0. The second kappa shape index (κ2) is 8.63. The van der Waals surface area contributed by atoms with E-state index in [4.69, 9.17) is 4.98 Å². The van der Waals surface area contributed by atoms with Crippen LogP contribution in [0.15, 0.2) is 78.9 Å². The predicted octanol–water partition coefficient (Wildman–Crippen LogP) is 3.97. The van der Waals surface area contributed by atoms with Gasteiger partial charge in [-0.15, -0.1) is 0 Å². The van der Waals surface area contributed by atoms with Gasteiger partial charge in [-0.25, -0.2) is 4.98 Å². The number of aryl methyl sites for hydroxylation is 1. The highest BCUT2D eigenvalue weighted by molar-refractivity contribution is 7.83. The molecule has 152 valence electrons. The SMILES string of the molecule is Cn1c(C(NC(=O)c2cccc(CS(C)=O)c2)c2ccccc2)nc2ccccc21. The standard InChI is InChI=1S/C24H23N3O2S/c1-27-21-14-7-6-13-20(21)25-23(27)22(18-10-4-3-5-11-18)26-24(28)19-12-8-9-17(15-19)16-30(2)29/h3-15,22H,16H2,1-2H3,(H,26,28). The minimum Gasteiger partial charge on any atom is -0.338 e. The van der Waals surface area contributed by atoms with Gasteiger partial charge in [0.15, 0.2) is 0 Å². The summed E-state index contributed by atoms with van der Waals surface area (Å²) in [6, 6.07) is 24.6. The number of rotatable bonds is 6. The Morgan fingerprint density at radius 1 is 1.03 bits per heavy atom. The summed E-state index contributed by atoms with van der Waals surface area (Å²) in [5.74, 6) is 0.995. The Morgan fingerprint density at radius 2 is 1.77 bits per heavy atom. The number of nitrogens with one attached hydrogen (secondary N) is 1. The van der Waals surface area contributed by atoms with Gasteiger partial charge in [-0.3, -0.25) is 9.00 Å². The van der Waals surface area contributed by atoms with E-state index in [0.717, 1.165) is 28.0 Å². The smallest absolute Gasteiger partial charge is 0.252 e. The van der Waals surface area contributed by atoms with Gasteiger partial charge >= 0.3 is 0 Å². The number of carbonyl (C=O) groups excluding carboxylic acids is 1. The summed E-state index contributed by atoms with van der Waals surface area (Å²) in [6.07, 6.45) is 1.66. The number of carbonyl (C=O) groups is 1. The van der Waals surface area contributed by atoms with Crippen molar-refractivity contribution in [3.63, 3.8) is 0 Å². The third-order valence-electron chi connectivity index (χ3n) is 5.05. The quantitative estimate of drug-likeness (QED) is 0.516. The molecule has 0 aliphatic heterocycles. The molecule has 1 heterocycles. The number of hydrogen-bond acceptors (Lipinski definition) is 3. The van der Waals surface area contributed by atoms with Crippen LogP contribution in [0.1, 0.15) is 33.4 Å². The highest BCUT2D eigenvalue weighted by Gasteiger charge is 2.23. The number of amides is 1. The molecule has 0 saturated heterocycles. The van der Waals surface area contributed by atoms with Crippen LogP contribution in [-0.4, -0.2) is 25.9 Å². The second-order valence-electron chi connectivity index (χ2n) is 7.25. The zero-order valence-corrected chi connectivity index (χ0v) is 17.7. The number of nitrogens with zero attached hydrogens (tertiary/aromatic N) is 2. The molecular weight excluding hydrogens is 394 g/mol. The lowest BCUT2D eigenvalue weighted by atomic mass is 10.0. The summed E-state index contributed by atoms with van der Waals surface area (Å²) in [4.78, 5) is 17.9. The molecule has 5 nitrogen and oxygen atoms in total. The van der Waals surface area contributed by atoms with Crippen molar-refractivity contribution >= 4 is 27.7 Å². The summed E-state index contributed by atoms with van der Waals surface area (Å²) in [5, 5.41) is 3.15. The van der Waals surface area contributed by atoms with E-state index < -0.39 is 16.8 Å². The zero-order chi connectivity index (χ0) is 21.1. The van der Waals surface area contributed by atoms with Gasteiger partial charge in [0.2, 0.25) is 0 Å². The van der Waals surface area contributed by atoms with Crippen LogP contribution in [-0.2, 0) is 23.6 Å². The van der Waals surface area contributed by atoms with E-state index in [1.807, 2.05) is 78.3 Å². The number of hydrogen-bond donors (Lipinski definition) is 1. The fraction of sp³-hybridized carbons (Fsp3) is 0.167. The summed E-state index contributed by atoms with van der Waals surface area (Å²) in [7, 11) is 0.997. The van der Waals surface area contributed by atoms with Crippen molar-refractivity contribution < 1.29 is 9.00 Å². The Morgan fingerprint density at radius 3 is 2.50 bits per heavy atom. The van der Waals surface area contributed by atoms with Gasteiger partial charge in [-0.1, -0.05) is 54.6 Å². The molecule has 2 unspecified atom stereocenters. The first-order valence-corrected chi connectivity index (χ1v) is 11.4. The van der Waals surface area contributed by atoms with Crippen molar-refractivity contribution in [2.24, 2.45) is 7.05 Å². The highest BCUT2D eigenvalue weighted by Crippen LogP contribution is 2.25. The van der Waals surface area contributed by atoms with Gasteiger partial charge in [-0.05, 0) is 35.4 Å². The molecule has 0 aliphatic carbocycles. The van der Waals surface area contributed by atoms with Crippen molar-refractivity contribution in [2.75, 3.05) is 6.26 Å². The van der Waals surface area contributed by atoms with Crippen LogP contribution in [0.5, 0.6) is 0 Å². The van der Waals surface area contributed by atoms with Crippen molar-refractivity contribution in [1.82, 2.24) is 14.9 Å². The fourth-order valence-corrected chi connectivity index (χ4v) is 4.27. The van der Waals surface area contributed by atoms with E-state index in [-0.39, 0.29) is 5.91 Å². The molecule has 1 aromatic heterocycles. The van der Waals surface area contributed by atoms with E-state index >= 15 is 0 Å². The molecule has 1 N–H and O–H groups in total. The molecule has 0 radical (unpaired) electrons. The van der Waals surface area contributed by atoms with E-state index in [0.29, 0.717) is 11.3 Å². The Kier molecular flexibility index (Phi) is 5.77. The monoisotopic (exact) mass is 417 g/mol. The third-order valence-corrected chi connectivity index (χ3v) is 5.79. The Labute approximate surface area is 178 Å². The van der Waals surface area contributed by atoms with Gasteiger partial charge in [0.05, 0.1) is 11.0 Å². The Hall–Kier alpha value is -3.25. The summed E-state index contributed by atoms with van der Waals surface area (Å²) in [5.41, 5.74) is 4.27. The first kappa shape index (κ1) is 20.0. The Balaban J connectivity index is 1.72. The molecule has 0 spiro atoms. The van der Waals surface area contributed by atoms with Gasteiger partial charge in [0, 0.05) is 35.4 Å². The number of benzene rings is 3. The summed E-state index contributed by atoms with van der Waals surface area (Å²) < 4.78 is 13.6. The maximum Gasteiger partial charge on any atom is 0.252 e. The molecule has 0 bridgehead atoms. The number of fused-ring (bicyclic) bond motifs is 1. The number of aromatic nitrogens is 2. The molecule has 1 amide bonds. The van der Waals surface area contributed by atoms with Crippen LogP contribution in [0, 0.1) is 0 Å². The molecule has 30 heavy (non-hydrogen) atoms. The van der Waals surface area contributed by atoms with Gasteiger partial charge in [0.1, 0.15) is 11.9 Å². The average Bonchev–Trinajstić information content (AvgIpc) is 3.09. The van der Waals surface area contributed by atoms with Crippen molar-refractivity contribution in [1.29, 1.82) is 0 Å². The van der Waals surface area contributed by atoms with Crippen LogP contribution in [0.3, 0.4) is 0 Å². The lowest BCUT2D eigenvalue weighted by Gasteiger charge is -2.19. The van der Waals surface area contributed by atoms with Crippen LogP contribution in [0.2, 0.25) is 0 Å². The van der Waals surface area contributed by atoms with E-state index in [1.54, 1.807) is 18.4 Å². The molecule has 2 atom stereocenters. The molecule has 0 saturated carbocycles. The third kappa shape index (κ3) is 4.19. The molecule has 0 aliphatic rings. The van der Waals surface area contributed by atoms with E-state index in [2.05, 4.69) is 5.32 Å². The minimum atomic E-state index is -0.965. The van der Waals surface area contributed by atoms with Gasteiger partial charge in [0.25, 0.3) is 5.91 Å². The van der Waals surface area contributed by atoms with Gasteiger partial charge in [-0.2, -0.15) is 0 Å². The molecule has 0 fully saturated rings. The lowest BCUT2D eigenvalue weighted by Crippen LogP contribution is -2.31. The number of para-hydroxylation sites is 2.